The molecule has 0 aromatic carbocycles. The van der Waals surface area contributed by atoms with E-state index in [4.69, 9.17) is 9.15 Å². The Balaban J connectivity index is 1.77. The molecule has 0 radical (unpaired) electrons. The van der Waals surface area contributed by atoms with E-state index in [1.807, 2.05) is 0 Å². The van der Waals surface area contributed by atoms with Crippen molar-refractivity contribution in [3.05, 3.63) is 48.7 Å². The van der Waals surface area contributed by atoms with Crippen molar-refractivity contribution in [2.45, 2.75) is 18.6 Å². The maximum absolute atomic E-state index is 12.6. The van der Waals surface area contributed by atoms with E-state index in [9.17, 15) is 9.59 Å². The van der Waals surface area contributed by atoms with Crippen LogP contribution in [0.1, 0.15) is 16.8 Å². The number of aromatic nitrogens is 1. The molecular weight excluding hydrogens is 298 g/mol. The van der Waals surface area contributed by atoms with Gasteiger partial charge < -0.3 is 19.4 Å². The van der Waals surface area contributed by atoms with Crippen molar-refractivity contribution in [2.24, 2.45) is 0 Å². The van der Waals surface area contributed by atoms with Crippen LogP contribution in [0, 0.1) is 0 Å². The van der Waals surface area contributed by atoms with E-state index in [-0.39, 0.29) is 17.9 Å². The molecule has 120 valence electrons. The lowest BCUT2D eigenvalue weighted by atomic mass is 10.1. The van der Waals surface area contributed by atoms with Crippen LogP contribution in [0.15, 0.2) is 47.5 Å². The van der Waals surface area contributed by atoms with E-state index in [0.717, 1.165) is 0 Å². The van der Waals surface area contributed by atoms with Crippen molar-refractivity contribution >= 4 is 11.8 Å². The maximum Gasteiger partial charge on any atom is 0.257 e. The summed E-state index contributed by atoms with van der Waals surface area (Å²) >= 11 is 0. The van der Waals surface area contributed by atoms with Gasteiger partial charge in [0.1, 0.15) is 24.2 Å². The minimum Gasteiger partial charge on any atom is -0.487 e. The Bertz CT molecular complexity index is 672. The van der Waals surface area contributed by atoms with Crippen molar-refractivity contribution in [1.82, 2.24) is 15.2 Å². The van der Waals surface area contributed by atoms with Crippen LogP contribution in [0.2, 0.25) is 0 Å². The summed E-state index contributed by atoms with van der Waals surface area (Å²) in [4.78, 5) is 30.2. The number of amides is 2. The highest BCUT2D eigenvalue weighted by Gasteiger charge is 2.40. The molecule has 0 saturated carbocycles. The lowest BCUT2D eigenvalue weighted by Gasteiger charge is -2.22. The number of likely N-dealkylation sites (N-methyl/N-ethyl adjacent to an activating group) is 1. The highest BCUT2D eigenvalue weighted by Crippen LogP contribution is 2.24. The molecule has 23 heavy (non-hydrogen) atoms. The molecule has 0 bridgehead atoms. The van der Waals surface area contributed by atoms with Gasteiger partial charge in [0.15, 0.2) is 0 Å². The number of nitrogens with zero attached hydrogens (tertiary/aromatic N) is 2. The second kappa shape index (κ2) is 6.51. The first-order chi connectivity index (χ1) is 11.2. The molecule has 3 rings (SSSR count). The molecule has 0 spiro atoms. The van der Waals surface area contributed by atoms with Gasteiger partial charge in [-0.05, 0) is 18.2 Å². The number of hydrogen-bond donors (Lipinski definition) is 1. The third kappa shape index (κ3) is 3.18. The predicted octanol–water partition coefficient (Wildman–Crippen LogP) is 1.08. The molecule has 1 N–H and O–H groups in total. The maximum atomic E-state index is 12.6. The molecule has 1 aliphatic rings. The zero-order valence-corrected chi connectivity index (χ0v) is 12.6. The van der Waals surface area contributed by atoms with Gasteiger partial charge in [0.25, 0.3) is 5.91 Å². The summed E-state index contributed by atoms with van der Waals surface area (Å²) in [6.07, 6.45) is 6.23. The third-order valence-corrected chi connectivity index (χ3v) is 3.78. The molecule has 2 aromatic rings. The molecule has 7 nitrogen and oxygen atoms in total. The smallest absolute Gasteiger partial charge is 0.257 e. The minimum atomic E-state index is -0.566. The summed E-state index contributed by atoms with van der Waals surface area (Å²) in [5, 5.41) is 2.60. The van der Waals surface area contributed by atoms with Crippen molar-refractivity contribution < 1.29 is 18.7 Å². The van der Waals surface area contributed by atoms with Gasteiger partial charge in [-0.3, -0.25) is 14.6 Å². The average Bonchev–Trinajstić information content (AvgIpc) is 3.24. The summed E-state index contributed by atoms with van der Waals surface area (Å²) in [6, 6.07) is 4.58. The number of rotatable bonds is 4. The summed E-state index contributed by atoms with van der Waals surface area (Å²) in [6.45, 7) is 0.330. The van der Waals surface area contributed by atoms with Crippen LogP contribution in [-0.4, -0.2) is 47.4 Å². The number of carbonyl (C=O) groups excluding carboxylic acids is 2. The van der Waals surface area contributed by atoms with Gasteiger partial charge in [-0.1, -0.05) is 0 Å². The Morgan fingerprint density at radius 3 is 2.96 bits per heavy atom. The molecule has 1 fully saturated rings. The second-order valence-corrected chi connectivity index (χ2v) is 5.26. The molecule has 0 unspecified atom stereocenters. The molecule has 7 heteroatoms. The fourth-order valence-electron chi connectivity index (χ4n) is 2.68. The van der Waals surface area contributed by atoms with E-state index in [0.29, 0.717) is 24.3 Å². The van der Waals surface area contributed by atoms with E-state index in [2.05, 4.69) is 10.3 Å². The standard InChI is InChI=1S/C16H17N3O4/c1-17-15(20)14-7-13(23-12-3-2-5-18-8-12)9-19(14)16(21)11-4-6-22-10-11/h2-6,8,10,13-14H,7,9H2,1H3,(H,17,20)/t13-,14-/m0/s1. The first-order valence-electron chi connectivity index (χ1n) is 7.30. The van der Waals surface area contributed by atoms with E-state index in [1.54, 1.807) is 37.6 Å². The van der Waals surface area contributed by atoms with Gasteiger partial charge in [0.2, 0.25) is 5.91 Å². The van der Waals surface area contributed by atoms with Gasteiger partial charge in [-0.25, -0.2) is 0 Å². The Morgan fingerprint density at radius 1 is 1.43 bits per heavy atom. The lowest BCUT2D eigenvalue weighted by molar-refractivity contribution is -0.124. The summed E-state index contributed by atoms with van der Waals surface area (Å²) < 4.78 is 10.8. The van der Waals surface area contributed by atoms with Crippen molar-refractivity contribution in [1.29, 1.82) is 0 Å². The van der Waals surface area contributed by atoms with Crippen molar-refractivity contribution in [2.75, 3.05) is 13.6 Å². The van der Waals surface area contributed by atoms with E-state index >= 15 is 0 Å². The Labute approximate surface area is 133 Å². The van der Waals surface area contributed by atoms with Gasteiger partial charge >= 0.3 is 0 Å². The van der Waals surface area contributed by atoms with E-state index < -0.39 is 6.04 Å². The molecule has 2 amide bonds. The summed E-state index contributed by atoms with van der Waals surface area (Å²) in [5.74, 6) is 0.162. The van der Waals surface area contributed by atoms with Crippen LogP contribution in [-0.2, 0) is 4.79 Å². The highest BCUT2D eigenvalue weighted by atomic mass is 16.5. The zero-order chi connectivity index (χ0) is 16.2. The summed E-state index contributed by atoms with van der Waals surface area (Å²) in [7, 11) is 1.55. The Kier molecular flexibility index (Phi) is 4.27. The number of ether oxygens (including phenoxy) is 1. The Hall–Kier alpha value is -2.83. The molecule has 2 aromatic heterocycles. The molecule has 3 heterocycles. The van der Waals surface area contributed by atoms with Crippen molar-refractivity contribution in [3.63, 3.8) is 0 Å². The van der Waals surface area contributed by atoms with Gasteiger partial charge in [-0.2, -0.15) is 0 Å². The number of carbonyl (C=O) groups is 2. The van der Waals surface area contributed by atoms with Crippen LogP contribution in [0.25, 0.3) is 0 Å². The quantitative estimate of drug-likeness (QED) is 0.912. The topological polar surface area (TPSA) is 84.7 Å². The van der Waals surface area contributed by atoms with Crippen LogP contribution >= 0.6 is 0 Å². The first kappa shape index (κ1) is 15.1. The lowest BCUT2D eigenvalue weighted by Crippen LogP contribution is -2.44. The SMILES string of the molecule is CNC(=O)[C@@H]1C[C@H](Oc2cccnc2)CN1C(=O)c1ccoc1. The number of nitrogens with one attached hydrogen (secondary N) is 1. The number of pyridine rings is 1. The Morgan fingerprint density at radius 2 is 2.30 bits per heavy atom. The fraction of sp³-hybridized carbons (Fsp3) is 0.312. The van der Waals surface area contributed by atoms with Crippen LogP contribution in [0.3, 0.4) is 0 Å². The van der Waals surface area contributed by atoms with Crippen LogP contribution in [0.5, 0.6) is 5.75 Å². The molecule has 0 aliphatic carbocycles. The van der Waals surface area contributed by atoms with E-state index in [1.165, 1.54) is 17.4 Å². The highest BCUT2D eigenvalue weighted by molar-refractivity contribution is 5.97. The van der Waals surface area contributed by atoms with Gasteiger partial charge in [-0.15, -0.1) is 0 Å². The normalized spacial score (nSPS) is 20.3. The number of likely N-dealkylation sites (tertiary alicyclic amines) is 1. The van der Waals surface area contributed by atoms with Gasteiger partial charge in [0.05, 0.1) is 24.6 Å². The summed E-state index contributed by atoms with van der Waals surface area (Å²) in [5.41, 5.74) is 0.418. The zero-order valence-electron chi connectivity index (χ0n) is 12.6. The minimum absolute atomic E-state index is 0.209. The largest absolute Gasteiger partial charge is 0.487 e. The monoisotopic (exact) mass is 315 g/mol. The van der Waals surface area contributed by atoms with Crippen LogP contribution in [0.4, 0.5) is 0 Å². The van der Waals surface area contributed by atoms with Crippen LogP contribution < -0.4 is 10.1 Å². The first-order valence-corrected chi connectivity index (χ1v) is 7.30. The second-order valence-electron chi connectivity index (χ2n) is 5.26. The average molecular weight is 315 g/mol. The number of furan rings is 1. The molecule has 2 atom stereocenters. The molecule has 1 aliphatic heterocycles. The van der Waals surface area contributed by atoms with Gasteiger partial charge in [0, 0.05) is 19.7 Å². The predicted molar refractivity (Wildman–Crippen MR) is 80.9 cm³/mol. The third-order valence-electron chi connectivity index (χ3n) is 3.78. The molecular formula is C16H17N3O4. The van der Waals surface area contributed by atoms with Crippen molar-refractivity contribution in [3.8, 4) is 5.75 Å². The fourth-order valence-corrected chi connectivity index (χ4v) is 2.68. The number of hydrogen-bond acceptors (Lipinski definition) is 5. The molecule has 1 saturated heterocycles.